The molecule has 0 N–H and O–H groups in total. The van der Waals surface area contributed by atoms with E-state index in [2.05, 4.69) is 57.4 Å². The Bertz CT molecular complexity index is 641. The lowest BCUT2D eigenvalue weighted by atomic mass is 10.2. The molecule has 84 valence electrons. The fraction of sp³-hybridized carbons (Fsp3) is 0.0714. The summed E-state index contributed by atoms with van der Waals surface area (Å²) in [5.41, 5.74) is 2.43. The number of fused-ring (bicyclic) bond motifs is 1. The van der Waals surface area contributed by atoms with E-state index in [9.17, 15) is 0 Å². The second-order valence-electron chi connectivity index (χ2n) is 3.99. The van der Waals surface area contributed by atoms with Crippen molar-refractivity contribution in [3.05, 3.63) is 64.8 Å². The molecule has 1 heterocycles. The summed E-state index contributed by atoms with van der Waals surface area (Å²) in [5.74, 6) is 0. The van der Waals surface area contributed by atoms with Gasteiger partial charge in [0.05, 0.1) is 18.3 Å². The van der Waals surface area contributed by atoms with Crippen LogP contribution in [0.5, 0.6) is 0 Å². The average molecular weight is 287 g/mol. The highest BCUT2D eigenvalue weighted by molar-refractivity contribution is 9.10. The fourth-order valence-corrected chi connectivity index (χ4v) is 2.18. The molecule has 0 fully saturated rings. The molecule has 2 aromatic carbocycles. The van der Waals surface area contributed by atoms with Crippen molar-refractivity contribution in [3.63, 3.8) is 0 Å². The summed E-state index contributed by atoms with van der Waals surface area (Å²) in [5, 5.41) is 5.60. The molecule has 0 saturated heterocycles. The lowest BCUT2D eigenvalue weighted by molar-refractivity contribution is 0.712. The average Bonchev–Trinajstić information content (AvgIpc) is 2.76. The molecule has 3 rings (SSSR count). The summed E-state index contributed by atoms with van der Waals surface area (Å²) in [4.78, 5) is 0. The minimum Gasteiger partial charge on any atom is -0.260 e. The number of hydrogen-bond acceptors (Lipinski definition) is 1. The molecule has 0 unspecified atom stereocenters. The first-order valence-corrected chi connectivity index (χ1v) is 6.27. The van der Waals surface area contributed by atoms with Crippen LogP contribution in [-0.4, -0.2) is 9.78 Å². The zero-order valence-corrected chi connectivity index (χ0v) is 10.8. The topological polar surface area (TPSA) is 17.8 Å². The van der Waals surface area contributed by atoms with Crippen LogP contribution in [0.4, 0.5) is 0 Å². The minimum absolute atomic E-state index is 0.806. The Labute approximate surface area is 108 Å². The predicted molar refractivity (Wildman–Crippen MR) is 73.0 cm³/mol. The SMILES string of the molecule is Brc1ccc(Cn2ncc3ccccc32)cc1. The van der Waals surface area contributed by atoms with Gasteiger partial charge in [-0.2, -0.15) is 5.10 Å². The van der Waals surface area contributed by atoms with Crippen LogP contribution in [-0.2, 0) is 6.54 Å². The van der Waals surface area contributed by atoms with Crippen LogP contribution in [0.15, 0.2) is 59.2 Å². The van der Waals surface area contributed by atoms with E-state index in [1.54, 1.807) is 0 Å². The van der Waals surface area contributed by atoms with Crippen LogP contribution in [0.2, 0.25) is 0 Å². The quantitative estimate of drug-likeness (QED) is 0.700. The summed E-state index contributed by atoms with van der Waals surface area (Å²) < 4.78 is 3.13. The molecule has 0 amide bonds. The van der Waals surface area contributed by atoms with E-state index in [0.29, 0.717) is 0 Å². The molecule has 0 bridgehead atoms. The molecule has 17 heavy (non-hydrogen) atoms. The van der Waals surface area contributed by atoms with E-state index < -0.39 is 0 Å². The molecule has 3 aromatic rings. The first-order chi connectivity index (χ1) is 8.33. The number of para-hydroxylation sites is 1. The van der Waals surface area contributed by atoms with Crippen LogP contribution in [0, 0.1) is 0 Å². The van der Waals surface area contributed by atoms with E-state index in [4.69, 9.17) is 0 Å². The molecular formula is C14H11BrN2. The fourth-order valence-electron chi connectivity index (χ4n) is 1.91. The van der Waals surface area contributed by atoms with Crippen LogP contribution in [0.25, 0.3) is 10.9 Å². The Morgan fingerprint density at radius 2 is 1.76 bits per heavy atom. The maximum Gasteiger partial charge on any atom is 0.0686 e. The Morgan fingerprint density at radius 3 is 2.59 bits per heavy atom. The maximum atomic E-state index is 4.42. The number of nitrogens with zero attached hydrogens (tertiary/aromatic N) is 2. The van der Waals surface area contributed by atoms with Crippen molar-refractivity contribution in [2.75, 3.05) is 0 Å². The third kappa shape index (κ3) is 2.11. The summed E-state index contributed by atoms with van der Waals surface area (Å²) >= 11 is 3.44. The van der Waals surface area contributed by atoms with Crippen molar-refractivity contribution < 1.29 is 0 Å². The van der Waals surface area contributed by atoms with Gasteiger partial charge in [0.1, 0.15) is 0 Å². The maximum absolute atomic E-state index is 4.42. The van der Waals surface area contributed by atoms with Crippen molar-refractivity contribution in [1.29, 1.82) is 0 Å². The van der Waals surface area contributed by atoms with Gasteiger partial charge in [0.2, 0.25) is 0 Å². The third-order valence-electron chi connectivity index (χ3n) is 2.80. The summed E-state index contributed by atoms with van der Waals surface area (Å²) in [7, 11) is 0. The largest absolute Gasteiger partial charge is 0.260 e. The van der Waals surface area contributed by atoms with Gasteiger partial charge in [-0.05, 0) is 23.8 Å². The van der Waals surface area contributed by atoms with Crippen molar-refractivity contribution in [2.45, 2.75) is 6.54 Å². The normalized spacial score (nSPS) is 10.9. The second-order valence-corrected chi connectivity index (χ2v) is 4.90. The van der Waals surface area contributed by atoms with Gasteiger partial charge in [0, 0.05) is 9.86 Å². The molecule has 0 aliphatic heterocycles. The van der Waals surface area contributed by atoms with Gasteiger partial charge >= 0.3 is 0 Å². The molecule has 2 nitrogen and oxygen atoms in total. The predicted octanol–water partition coefficient (Wildman–Crippen LogP) is 3.85. The molecule has 0 aliphatic carbocycles. The summed E-state index contributed by atoms with van der Waals surface area (Å²) in [6.07, 6.45) is 1.91. The summed E-state index contributed by atoms with van der Waals surface area (Å²) in [6.45, 7) is 0.806. The van der Waals surface area contributed by atoms with Crippen molar-refractivity contribution in [2.24, 2.45) is 0 Å². The third-order valence-corrected chi connectivity index (χ3v) is 3.33. The molecule has 1 aromatic heterocycles. The number of benzene rings is 2. The van der Waals surface area contributed by atoms with E-state index in [1.807, 2.05) is 23.0 Å². The van der Waals surface area contributed by atoms with Crippen LogP contribution < -0.4 is 0 Å². The Kier molecular flexibility index (Phi) is 2.69. The van der Waals surface area contributed by atoms with Crippen molar-refractivity contribution >= 4 is 26.8 Å². The van der Waals surface area contributed by atoms with Gasteiger partial charge in [-0.3, -0.25) is 4.68 Å². The van der Waals surface area contributed by atoms with Gasteiger partial charge in [-0.25, -0.2) is 0 Å². The lowest BCUT2D eigenvalue weighted by Gasteiger charge is -2.04. The highest BCUT2D eigenvalue weighted by Gasteiger charge is 2.02. The molecule has 0 aliphatic rings. The van der Waals surface area contributed by atoms with Crippen LogP contribution in [0.3, 0.4) is 0 Å². The monoisotopic (exact) mass is 286 g/mol. The van der Waals surface area contributed by atoms with E-state index >= 15 is 0 Å². The molecule has 0 spiro atoms. The zero-order chi connectivity index (χ0) is 11.7. The molecule has 0 saturated carbocycles. The van der Waals surface area contributed by atoms with E-state index in [-0.39, 0.29) is 0 Å². The first-order valence-electron chi connectivity index (χ1n) is 5.48. The van der Waals surface area contributed by atoms with Gasteiger partial charge < -0.3 is 0 Å². The van der Waals surface area contributed by atoms with Crippen molar-refractivity contribution in [1.82, 2.24) is 9.78 Å². The van der Waals surface area contributed by atoms with Gasteiger partial charge in [-0.1, -0.05) is 46.3 Å². The number of hydrogen-bond donors (Lipinski definition) is 0. The highest BCUT2D eigenvalue weighted by Crippen LogP contribution is 2.16. The number of aromatic nitrogens is 2. The smallest absolute Gasteiger partial charge is 0.0686 e. The van der Waals surface area contributed by atoms with Crippen LogP contribution in [0.1, 0.15) is 5.56 Å². The van der Waals surface area contributed by atoms with E-state index in [1.165, 1.54) is 16.5 Å². The number of halogens is 1. The molecule has 0 atom stereocenters. The Morgan fingerprint density at radius 1 is 1.00 bits per heavy atom. The van der Waals surface area contributed by atoms with Gasteiger partial charge in [0.25, 0.3) is 0 Å². The number of rotatable bonds is 2. The first kappa shape index (κ1) is 10.5. The molecule has 0 radical (unpaired) electrons. The second kappa shape index (κ2) is 4.34. The summed E-state index contributed by atoms with van der Waals surface area (Å²) in [6, 6.07) is 16.6. The van der Waals surface area contributed by atoms with E-state index in [0.717, 1.165) is 11.0 Å². The van der Waals surface area contributed by atoms with Gasteiger partial charge in [0.15, 0.2) is 0 Å². The molecule has 3 heteroatoms. The van der Waals surface area contributed by atoms with Crippen LogP contribution >= 0.6 is 15.9 Å². The standard InChI is InChI=1S/C14H11BrN2/c15-13-7-5-11(6-8-13)10-17-14-4-2-1-3-12(14)9-16-17/h1-9H,10H2. The zero-order valence-electron chi connectivity index (χ0n) is 9.18. The van der Waals surface area contributed by atoms with Gasteiger partial charge in [-0.15, -0.1) is 0 Å². The molecular weight excluding hydrogens is 276 g/mol. The lowest BCUT2D eigenvalue weighted by Crippen LogP contribution is -2.00. The Balaban J connectivity index is 1.97. The Hall–Kier alpha value is -1.61. The highest BCUT2D eigenvalue weighted by atomic mass is 79.9. The minimum atomic E-state index is 0.806. The van der Waals surface area contributed by atoms with Crippen molar-refractivity contribution in [3.8, 4) is 0 Å².